The second-order valence-electron chi connectivity index (χ2n) is 4.97. The highest BCUT2D eigenvalue weighted by Crippen LogP contribution is 2.34. The lowest BCUT2D eigenvalue weighted by Gasteiger charge is -2.10. The maximum atomic E-state index is 11.8. The average Bonchev–Trinajstić information content (AvgIpc) is 2.93. The van der Waals surface area contributed by atoms with Crippen molar-refractivity contribution in [3.63, 3.8) is 0 Å². The quantitative estimate of drug-likeness (QED) is 0.647. The fraction of sp³-hybridized carbons (Fsp3) is 0.111. The molecule has 0 unspecified atom stereocenters. The molecule has 0 bridgehead atoms. The third-order valence-electron chi connectivity index (χ3n) is 3.53. The van der Waals surface area contributed by atoms with Crippen LogP contribution in [0.3, 0.4) is 0 Å². The molecule has 0 N–H and O–H groups in total. The Morgan fingerprint density at radius 1 is 1.04 bits per heavy atom. The van der Waals surface area contributed by atoms with Gasteiger partial charge in [-0.2, -0.15) is 0 Å². The van der Waals surface area contributed by atoms with Crippen molar-refractivity contribution < 1.29 is 9.53 Å². The first kappa shape index (κ1) is 15.5. The minimum absolute atomic E-state index is 0.0984. The third-order valence-corrected chi connectivity index (χ3v) is 4.14. The Morgan fingerprint density at radius 3 is 2.17 bits per heavy atom. The Hall–Kier alpha value is -2.40. The number of rotatable bonds is 4. The van der Waals surface area contributed by atoms with Crippen molar-refractivity contribution in [3.05, 3.63) is 65.4 Å². The van der Waals surface area contributed by atoms with Crippen LogP contribution in [0.2, 0.25) is 0 Å². The van der Waals surface area contributed by atoms with Crippen LogP contribution in [-0.2, 0) is 16.1 Å². The van der Waals surface area contributed by atoms with Crippen LogP contribution in [0.15, 0.2) is 65.4 Å². The van der Waals surface area contributed by atoms with Crippen molar-refractivity contribution in [2.24, 2.45) is 0 Å². The lowest BCUT2D eigenvalue weighted by atomic mass is 10.0. The van der Waals surface area contributed by atoms with Crippen LogP contribution in [0.5, 0.6) is 0 Å². The number of imidazole rings is 1. The number of halogens is 1. The van der Waals surface area contributed by atoms with Crippen LogP contribution in [0.25, 0.3) is 22.5 Å². The van der Waals surface area contributed by atoms with Gasteiger partial charge in [-0.1, -0.05) is 60.7 Å². The Kier molecular flexibility index (Phi) is 4.57. The smallest absolute Gasteiger partial charge is 0.325 e. The van der Waals surface area contributed by atoms with E-state index >= 15 is 0 Å². The summed E-state index contributed by atoms with van der Waals surface area (Å²) in [6.45, 7) is 0.0984. The van der Waals surface area contributed by atoms with Gasteiger partial charge in [-0.05, 0) is 15.9 Å². The predicted molar refractivity (Wildman–Crippen MR) is 92.8 cm³/mol. The maximum absolute atomic E-state index is 11.8. The highest BCUT2D eigenvalue weighted by Gasteiger charge is 2.20. The molecule has 2 aromatic carbocycles. The van der Waals surface area contributed by atoms with Crippen LogP contribution in [0.1, 0.15) is 0 Å². The Morgan fingerprint density at radius 2 is 1.61 bits per heavy atom. The van der Waals surface area contributed by atoms with E-state index in [1.807, 2.05) is 65.2 Å². The molecular formula is C18H15BrN2O2. The number of aromatic nitrogens is 2. The minimum atomic E-state index is -0.320. The molecule has 3 rings (SSSR count). The lowest BCUT2D eigenvalue weighted by Crippen LogP contribution is -2.12. The van der Waals surface area contributed by atoms with E-state index in [-0.39, 0.29) is 12.5 Å². The molecule has 23 heavy (non-hydrogen) atoms. The molecule has 116 valence electrons. The predicted octanol–water partition coefficient (Wildman–Crippen LogP) is 4.15. The number of ether oxygens (including phenoxy) is 1. The summed E-state index contributed by atoms with van der Waals surface area (Å²) in [5.41, 5.74) is 3.70. The van der Waals surface area contributed by atoms with E-state index in [4.69, 9.17) is 4.74 Å². The first-order valence-electron chi connectivity index (χ1n) is 7.14. The van der Waals surface area contributed by atoms with Crippen LogP contribution in [0.4, 0.5) is 0 Å². The van der Waals surface area contributed by atoms with Crippen molar-refractivity contribution in [1.29, 1.82) is 0 Å². The molecule has 0 aliphatic rings. The van der Waals surface area contributed by atoms with E-state index in [1.165, 1.54) is 7.11 Å². The van der Waals surface area contributed by atoms with Gasteiger partial charge in [-0.3, -0.25) is 4.79 Å². The molecule has 1 heterocycles. The summed E-state index contributed by atoms with van der Waals surface area (Å²) in [5.74, 6) is -0.320. The molecule has 4 nitrogen and oxygen atoms in total. The first-order chi connectivity index (χ1) is 11.2. The molecule has 0 saturated heterocycles. The molecule has 0 amide bonds. The zero-order valence-electron chi connectivity index (χ0n) is 12.6. The number of carbonyl (C=O) groups excluding carboxylic acids is 1. The standard InChI is InChI=1S/C18H15BrN2O2/c1-23-15(22)12-21-17(14-10-6-3-7-11-14)16(20-18(21)19)13-8-4-2-5-9-13/h2-11H,12H2,1H3. The van der Waals surface area contributed by atoms with Gasteiger partial charge in [0.15, 0.2) is 4.73 Å². The SMILES string of the molecule is COC(=O)Cn1c(Br)nc(-c2ccccc2)c1-c1ccccc1. The highest BCUT2D eigenvalue weighted by atomic mass is 79.9. The van der Waals surface area contributed by atoms with E-state index in [0.717, 1.165) is 22.5 Å². The van der Waals surface area contributed by atoms with Crippen molar-refractivity contribution in [2.75, 3.05) is 7.11 Å². The number of methoxy groups -OCH3 is 1. The molecule has 0 atom stereocenters. The van der Waals surface area contributed by atoms with Gasteiger partial charge in [0.2, 0.25) is 0 Å². The maximum Gasteiger partial charge on any atom is 0.325 e. The molecule has 3 aromatic rings. The number of esters is 1. The van der Waals surface area contributed by atoms with Crippen molar-refractivity contribution in [2.45, 2.75) is 6.54 Å². The number of hydrogen-bond donors (Lipinski definition) is 0. The zero-order valence-corrected chi connectivity index (χ0v) is 14.2. The van der Waals surface area contributed by atoms with Gasteiger partial charge < -0.3 is 9.30 Å². The van der Waals surface area contributed by atoms with Gasteiger partial charge in [0.25, 0.3) is 0 Å². The van der Waals surface area contributed by atoms with Gasteiger partial charge in [-0.15, -0.1) is 0 Å². The van der Waals surface area contributed by atoms with Crippen LogP contribution in [0, 0.1) is 0 Å². The van der Waals surface area contributed by atoms with Gasteiger partial charge >= 0.3 is 5.97 Å². The molecule has 0 aliphatic carbocycles. The number of hydrogen-bond acceptors (Lipinski definition) is 3. The molecule has 5 heteroatoms. The van der Waals surface area contributed by atoms with E-state index in [1.54, 1.807) is 0 Å². The lowest BCUT2D eigenvalue weighted by molar-refractivity contribution is -0.141. The first-order valence-corrected chi connectivity index (χ1v) is 7.93. The third kappa shape index (κ3) is 3.19. The normalized spacial score (nSPS) is 10.5. The number of nitrogens with zero attached hydrogens (tertiary/aromatic N) is 2. The second-order valence-corrected chi connectivity index (χ2v) is 5.68. The van der Waals surface area contributed by atoms with Gasteiger partial charge in [0, 0.05) is 11.1 Å². The fourth-order valence-corrected chi connectivity index (χ4v) is 2.93. The molecule has 0 aliphatic heterocycles. The Balaban J connectivity index is 2.21. The van der Waals surface area contributed by atoms with Crippen LogP contribution < -0.4 is 0 Å². The number of carbonyl (C=O) groups is 1. The fourth-order valence-electron chi connectivity index (χ4n) is 2.45. The molecule has 0 fully saturated rings. The summed E-state index contributed by atoms with van der Waals surface area (Å²) < 4.78 is 7.23. The topological polar surface area (TPSA) is 44.1 Å². The van der Waals surface area contributed by atoms with Crippen LogP contribution >= 0.6 is 15.9 Å². The Labute approximate surface area is 142 Å². The molecule has 0 saturated carbocycles. The molecular weight excluding hydrogens is 356 g/mol. The van der Waals surface area contributed by atoms with Crippen molar-refractivity contribution >= 4 is 21.9 Å². The molecule has 1 aromatic heterocycles. The summed E-state index contributed by atoms with van der Waals surface area (Å²) >= 11 is 3.46. The molecule has 0 spiro atoms. The number of benzene rings is 2. The summed E-state index contributed by atoms with van der Waals surface area (Å²) in [5, 5.41) is 0. The van der Waals surface area contributed by atoms with Gasteiger partial charge in [0.05, 0.1) is 18.5 Å². The zero-order chi connectivity index (χ0) is 16.2. The van der Waals surface area contributed by atoms with Crippen molar-refractivity contribution in [3.8, 4) is 22.5 Å². The molecule has 0 radical (unpaired) electrons. The second kappa shape index (κ2) is 6.79. The van der Waals surface area contributed by atoms with E-state index in [2.05, 4.69) is 20.9 Å². The monoisotopic (exact) mass is 370 g/mol. The summed E-state index contributed by atoms with van der Waals surface area (Å²) in [4.78, 5) is 16.4. The summed E-state index contributed by atoms with van der Waals surface area (Å²) in [6.07, 6.45) is 0. The highest BCUT2D eigenvalue weighted by molar-refractivity contribution is 9.10. The summed E-state index contributed by atoms with van der Waals surface area (Å²) in [7, 11) is 1.38. The van der Waals surface area contributed by atoms with Crippen LogP contribution in [-0.4, -0.2) is 22.6 Å². The summed E-state index contributed by atoms with van der Waals surface area (Å²) in [6, 6.07) is 19.8. The largest absolute Gasteiger partial charge is 0.468 e. The van der Waals surface area contributed by atoms with Crippen molar-refractivity contribution in [1.82, 2.24) is 9.55 Å². The van der Waals surface area contributed by atoms with Gasteiger partial charge in [-0.25, -0.2) is 4.98 Å². The average molecular weight is 371 g/mol. The van der Waals surface area contributed by atoms with E-state index in [0.29, 0.717) is 4.73 Å². The van der Waals surface area contributed by atoms with E-state index in [9.17, 15) is 4.79 Å². The van der Waals surface area contributed by atoms with E-state index < -0.39 is 0 Å². The minimum Gasteiger partial charge on any atom is -0.468 e. The Bertz CT molecular complexity index is 814. The van der Waals surface area contributed by atoms with Gasteiger partial charge in [0.1, 0.15) is 6.54 Å².